The molecule has 0 fully saturated rings. The molecule has 5 nitrogen and oxygen atoms in total. The lowest BCUT2D eigenvalue weighted by molar-refractivity contribution is -0.118. The predicted octanol–water partition coefficient (Wildman–Crippen LogP) is 2.76. The Morgan fingerprint density at radius 2 is 2.10 bits per heavy atom. The van der Waals surface area contributed by atoms with E-state index in [4.69, 9.17) is 21.1 Å². The van der Waals surface area contributed by atoms with Crippen LogP contribution in [0.2, 0.25) is 5.15 Å². The van der Waals surface area contributed by atoms with Gasteiger partial charge in [0.1, 0.15) is 11.5 Å². The van der Waals surface area contributed by atoms with Gasteiger partial charge < -0.3 is 14.8 Å². The number of carbonyl (C=O) groups excluding carboxylic acids is 1. The minimum absolute atomic E-state index is 0.127. The van der Waals surface area contributed by atoms with Crippen LogP contribution >= 0.6 is 11.6 Å². The van der Waals surface area contributed by atoms with E-state index in [9.17, 15) is 4.79 Å². The number of benzene rings is 1. The first kappa shape index (κ1) is 14.1. The number of anilines is 1. The lowest BCUT2D eigenvalue weighted by Crippen LogP contribution is -2.20. The third-order valence-electron chi connectivity index (χ3n) is 2.44. The number of amides is 1. The van der Waals surface area contributed by atoms with Crippen molar-refractivity contribution in [2.45, 2.75) is 0 Å². The molecule has 2 aromatic rings. The van der Waals surface area contributed by atoms with E-state index >= 15 is 0 Å². The lowest BCUT2D eigenvalue weighted by Gasteiger charge is -2.09. The Bertz CT molecular complexity index is 604. The molecule has 0 spiro atoms. The van der Waals surface area contributed by atoms with Crippen LogP contribution < -0.4 is 14.8 Å². The van der Waals surface area contributed by atoms with Gasteiger partial charge in [0, 0.05) is 12.3 Å². The molecule has 1 amide bonds. The molecule has 1 aromatic carbocycles. The van der Waals surface area contributed by atoms with Gasteiger partial charge in [-0.2, -0.15) is 0 Å². The van der Waals surface area contributed by atoms with Crippen molar-refractivity contribution in [3.8, 4) is 11.5 Å². The summed E-state index contributed by atoms with van der Waals surface area (Å²) >= 11 is 5.84. The maximum absolute atomic E-state index is 11.7. The summed E-state index contributed by atoms with van der Waals surface area (Å²) in [6.07, 6.45) is 1.55. The Hall–Kier alpha value is -2.27. The Kier molecular flexibility index (Phi) is 4.79. The van der Waals surface area contributed by atoms with E-state index in [2.05, 4.69) is 10.3 Å². The Morgan fingerprint density at radius 3 is 2.85 bits per heavy atom. The van der Waals surface area contributed by atoms with Crippen LogP contribution in [-0.2, 0) is 4.79 Å². The topological polar surface area (TPSA) is 60.5 Å². The average molecular weight is 293 g/mol. The summed E-state index contributed by atoms with van der Waals surface area (Å²) in [5.41, 5.74) is 0.452. The summed E-state index contributed by atoms with van der Waals surface area (Å²) in [6.45, 7) is -0.127. The first-order valence-electron chi connectivity index (χ1n) is 5.86. The van der Waals surface area contributed by atoms with Gasteiger partial charge in [-0.3, -0.25) is 4.79 Å². The average Bonchev–Trinajstić information content (AvgIpc) is 2.48. The number of rotatable bonds is 5. The van der Waals surface area contributed by atoms with E-state index in [1.165, 1.54) is 0 Å². The van der Waals surface area contributed by atoms with E-state index in [0.717, 1.165) is 0 Å². The van der Waals surface area contributed by atoms with Gasteiger partial charge >= 0.3 is 0 Å². The highest BCUT2D eigenvalue weighted by Gasteiger charge is 2.07. The van der Waals surface area contributed by atoms with Crippen molar-refractivity contribution >= 4 is 23.2 Å². The number of ether oxygens (including phenoxy) is 2. The zero-order valence-corrected chi connectivity index (χ0v) is 11.6. The van der Waals surface area contributed by atoms with Gasteiger partial charge in [0.05, 0.1) is 12.8 Å². The van der Waals surface area contributed by atoms with Gasteiger partial charge in [-0.25, -0.2) is 4.98 Å². The largest absolute Gasteiger partial charge is 0.497 e. The zero-order valence-electron chi connectivity index (χ0n) is 10.8. The molecule has 2 rings (SSSR count). The third kappa shape index (κ3) is 3.86. The summed E-state index contributed by atoms with van der Waals surface area (Å²) in [4.78, 5) is 15.6. The van der Waals surface area contributed by atoms with Crippen LogP contribution in [0, 0.1) is 0 Å². The quantitative estimate of drug-likeness (QED) is 0.861. The summed E-state index contributed by atoms with van der Waals surface area (Å²) in [6, 6.07) is 10.4. The van der Waals surface area contributed by atoms with Crippen LogP contribution in [0.15, 0.2) is 42.6 Å². The highest BCUT2D eigenvalue weighted by atomic mass is 35.5. The molecule has 0 bridgehead atoms. The number of nitrogens with one attached hydrogen (secondary N) is 1. The number of pyridine rings is 1. The number of hydrogen-bond donors (Lipinski definition) is 1. The first-order valence-corrected chi connectivity index (χ1v) is 6.24. The van der Waals surface area contributed by atoms with Crippen molar-refractivity contribution in [1.29, 1.82) is 0 Å². The van der Waals surface area contributed by atoms with Crippen molar-refractivity contribution in [2.75, 3.05) is 19.0 Å². The molecule has 1 aromatic heterocycles. The number of methoxy groups -OCH3 is 1. The van der Waals surface area contributed by atoms with Gasteiger partial charge in [0.2, 0.25) is 0 Å². The predicted molar refractivity (Wildman–Crippen MR) is 76.4 cm³/mol. The minimum Gasteiger partial charge on any atom is -0.497 e. The SMILES string of the molecule is COc1cccc(OCC(=O)Nc2cccnc2Cl)c1. The number of hydrogen-bond acceptors (Lipinski definition) is 4. The number of carbonyl (C=O) groups is 1. The first-order chi connectivity index (χ1) is 9.69. The van der Waals surface area contributed by atoms with E-state index in [0.29, 0.717) is 17.2 Å². The molecule has 104 valence electrons. The van der Waals surface area contributed by atoms with Crippen LogP contribution in [0.25, 0.3) is 0 Å². The summed E-state index contributed by atoms with van der Waals surface area (Å²) in [5.74, 6) is 0.901. The molecule has 1 N–H and O–H groups in total. The van der Waals surface area contributed by atoms with E-state index in [1.807, 2.05) is 0 Å². The van der Waals surface area contributed by atoms with Crippen LogP contribution in [0.1, 0.15) is 0 Å². The van der Waals surface area contributed by atoms with Gasteiger partial charge in [0.15, 0.2) is 11.8 Å². The summed E-state index contributed by atoms with van der Waals surface area (Å²) in [5, 5.41) is 2.86. The molecule has 0 aliphatic rings. The zero-order chi connectivity index (χ0) is 14.4. The fourth-order valence-electron chi connectivity index (χ4n) is 1.51. The second-order valence-electron chi connectivity index (χ2n) is 3.86. The van der Waals surface area contributed by atoms with Crippen molar-refractivity contribution in [1.82, 2.24) is 4.98 Å². The standard InChI is InChI=1S/C14H13ClN2O3/c1-19-10-4-2-5-11(8-10)20-9-13(18)17-12-6-3-7-16-14(12)15/h2-8H,9H2,1H3,(H,17,18). The van der Waals surface area contributed by atoms with Gasteiger partial charge in [-0.05, 0) is 24.3 Å². The van der Waals surface area contributed by atoms with Crippen LogP contribution in [0.3, 0.4) is 0 Å². The number of aromatic nitrogens is 1. The number of halogens is 1. The molecule has 0 saturated carbocycles. The lowest BCUT2D eigenvalue weighted by atomic mass is 10.3. The molecule has 0 aliphatic heterocycles. The molecule has 6 heteroatoms. The van der Waals surface area contributed by atoms with Crippen molar-refractivity contribution in [2.24, 2.45) is 0 Å². The molecule has 20 heavy (non-hydrogen) atoms. The molecule has 0 saturated heterocycles. The van der Waals surface area contributed by atoms with Gasteiger partial charge in [-0.1, -0.05) is 17.7 Å². The smallest absolute Gasteiger partial charge is 0.262 e. The highest BCUT2D eigenvalue weighted by molar-refractivity contribution is 6.32. The molecule has 0 unspecified atom stereocenters. The molecule has 0 aliphatic carbocycles. The van der Waals surface area contributed by atoms with Crippen molar-refractivity contribution < 1.29 is 14.3 Å². The maximum atomic E-state index is 11.7. The molecule has 0 atom stereocenters. The van der Waals surface area contributed by atoms with Gasteiger partial charge in [-0.15, -0.1) is 0 Å². The monoisotopic (exact) mass is 292 g/mol. The second-order valence-corrected chi connectivity index (χ2v) is 4.22. The Morgan fingerprint density at radius 1 is 1.30 bits per heavy atom. The summed E-state index contributed by atoms with van der Waals surface area (Å²) < 4.78 is 10.4. The van der Waals surface area contributed by atoms with E-state index in [1.54, 1.807) is 49.7 Å². The highest BCUT2D eigenvalue weighted by Crippen LogP contribution is 2.19. The minimum atomic E-state index is -0.317. The summed E-state index contributed by atoms with van der Waals surface area (Å²) in [7, 11) is 1.57. The molecule has 1 heterocycles. The van der Waals surface area contributed by atoms with Gasteiger partial charge in [0.25, 0.3) is 5.91 Å². The normalized spacial score (nSPS) is 9.90. The molecular formula is C14H13ClN2O3. The Balaban J connectivity index is 1.90. The van der Waals surface area contributed by atoms with Crippen molar-refractivity contribution in [3.05, 3.63) is 47.7 Å². The molecule has 0 radical (unpaired) electrons. The second kappa shape index (κ2) is 6.77. The molecular weight excluding hydrogens is 280 g/mol. The van der Waals surface area contributed by atoms with E-state index < -0.39 is 0 Å². The maximum Gasteiger partial charge on any atom is 0.262 e. The van der Waals surface area contributed by atoms with E-state index in [-0.39, 0.29) is 17.7 Å². The van der Waals surface area contributed by atoms with Crippen LogP contribution in [-0.4, -0.2) is 24.6 Å². The fourth-order valence-corrected chi connectivity index (χ4v) is 1.67. The van der Waals surface area contributed by atoms with Crippen LogP contribution in [0.5, 0.6) is 11.5 Å². The van der Waals surface area contributed by atoms with Crippen LogP contribution in [0.4, 0.5) is 5.69 Å². The third-order valence-corrected chi connectivity index (χ3v) is 2.75. The van der Waals surface area contributed by atoms with Crippen molar-refractivity contribution in [3.63, 3.8) is 0 Å². The number of nitrogens with zero attached hydrogens (tertiary/aromatic N) is 1. The fraction of sp³-hybridized carbons (Fsp3) is 0.143. The Labute approximate surface area is 121 Å².